The zero-order chi connectivity index (χ0) is 23.7. The quantitative estimate of drug-likeness (QED) is 0.357. The first-order chi connectivity index (χ1) is 15.8. The average Bonchev–Trinajstić information content (AvgIpc) is 3.30. The molecule has 0 radical (unpaired) electrons. The summed E-state index contributed by atoms with van der Waals surface area (Å²) >= 11 is 1.44. The van der Waals surface area contributed by atoms with Crippen LogP contribution in [0, 0.1) is 11.2 Å². The van der Waals surface area contributed by atoms with Crippen molar-refractivity contribution in [2.45, 2.75) is 19.9 Å². The molecule has 12 heteroatoms. The number of hydrogen-bond acceptors (Lipinski definition) is 8. The number of aryl methyl sites for hydroxylation is 1. The van der Waals surface area contributed by atoms with Crippen molar-refractivity contribution in [3.05, 3.63) is 57.0 Å². The molecule has 0 aliphatic carbocycles. The van der Waals surface area contributed by atoms with E-state index in [2.05, 4.69) is 25.7 Å². The van der Waals surface area contributed by atoms with Gasteiger partial charge in [0.1, 0.15) is 27.9 Å². The fraction of sp³-hybridized carbons (Fsp3) is 0.238. The molecule has 0 fully saturated rings. The number of rotatable bonds is 7. The normalized spacial score (nSPS) is 11.8. The number of pyridine rings is 1. The number of carbonyl (C=O) groups is 1. The van der Waals surface area contributed by atoms with Crippen molar-refractivity contribution in [2.75, 3.05) is 12.4 Å². The van der Waals surface area contributed by atoms with Crippen molar-refractivity contribution in [3.63, 3.8) is 0 Å². The molecule has 1 amide bonds. The Balaban J connectivity index is 1.73. The number of fused-ring (bicyclic) bond motifs is 3. The lowest BCUT2D eigenvalue weighted by Crippen LogP contribution is -2.25. The maximum Gasteiger partial charge on any atom is 0.291 e. The summed E-state index contributed by atoms with van der Waals surface area (Å²) in [5.41, 5.74) is 1.41. The van der Waals surface area contributed by atoms with E-state index in [0.29, 0.717) is 23.0 Å². The molecule has 33 heavy (non-hydrogen) atoms. The van der Waals surface area contributed by atoms with E-state index >= 15 is 0 Å². The highest BCUT2D eigenvalue weighted by molar-refractivity contribution is 7.19. The molecule has 4 aromatic rings. The Bertz CT molecular complexity index is 1480. The van der Waals surface area contributed by atoms with Gasteiger partial charge in [0, 0.05) is 45.2 Å². The highest BCUT2D eigenvalue weighted by atomic mass is 32.1. The van der Waals surface area contributed by atoms with Crippen molar-refractivity contribution >= 4 is 50.5 Å². The third kappa shape index (κ3) is 4.24. The Labute approximate surface area is 191 Å². The molecule has 0 aliphatic heterocycles. The number of aromatic nitrogens is 5. The van der Waals surface area contributed by atoms with E-state index in [-0.39, 0.29) is 24.0 Å². The van der Waals surface area contributed by atoms with Crippen molar-refractivity contribution in [3.8, 4) is 0 Å². The van der Waals surface area contributed by atoms with Crippen molar-refractivity contribution in [1.82, 2.24) is 29.6 Å². The van der Waals surface area contributed by atoms with Gasteiger partial charge in [-0.1, -0.05) is 0 Å². The third-order valence-corrected chi connectivity index (χ3v) is 6.04. The minimum atomic E-state index is -0.603. The molecule has 4 aromatic heterocycles. The lowest BCUT2D eigenvalue weighted by atomic mass is 10.2. The first-order valence-electron chi connectivity index (χ1n) is 9.96. The summed E-state index contributed by atoms with van der Waals surface area (Å²) in [6, 6.07) is 2.54. The van der Waals surface area contributed by atoms with Crippen LogP contribution in [-0.4, -0.2) is 43.5 Å². The average molecular weight is 469 g/mol. The second-order valence-electron chi connectivity index (χ2n) is 7.32. The van der Waals surface area contributed by atoms with Gasteiger partial charge in [-0.2, -0.15) is 5.10 Å². The van der Waals surface area contributed by atoms with E-state index in [4.69, 9.17) is 5.41 Å². The molecule has 170 valence electrons. The lowest BCUT2D eigenvalue weighted by molar-refractivity contribution is -0.114. The molecule has 0 aromatic carbocycles. The summed E-state index contributed by atoms with van der Waals surface area (Å²) in [5, 5.41) is 18.6. The van der Waals surface area contributed by atoms with Gasteiger partial charge in [0.15, 0.2) is 5.65 Å². The summed E-state index contributed by atoms with van der Waals surface area (Å²) in [5.74, 6) is -0.740. The Morgan fingerprint density at radius 1 is 1.33 bits per heavy atom. The summed E-state index contributed by atoms with van der Waals surface area (Å²) < 4.78 is 18.0. The number of nitrogens with zero attached hydrogens (tertiary/aromatic N) is 5. The number of carbonyl (C=O) groups excluding carboxylic acids is 1. The number of amides is 1. The van der Waals surface area contributed by atoms with Crippen molar-refractivity contribution < 1.29 is 9.18 Å². The molecule has 0 saturated heterocycles. The molecular weight excluding hydrogens is 447 g/mol. The van der Waals surface area contributed by atoms with Crippen LogP contribution in [0.3, 0.4) is 0 Å². The van der Waals surface area contributed by atoms with Crippen LogP contribution in [0.15, 0.2) is 34.9 Å². The van der Waals surface area contributed by atoms with Crippen LogP contribution >= 0.6 is 11.3 Å². The number of halogens is 1. The standard InChI is InChI=1S/C21H21FN8O2S/c1-11(31)26-16-5-4-14(22)15(27-16)10-30-21(32)18-13(9-25-30)19-20(29(18)3)28-17(33-19)6-12(7-23)8-24-2/h4-5,7-9,23-24H,6,10H2,1-3H3,(H,26,27,31)/b12-8-,23-7?. The van der Waals surface area contributed by atoms with Crippen LogP contribution in [0.4, 0.5) is 10.2 Å². The first-order valence-corrected chi connectivity index (χ1v) is 10.8. The van der Waals surface area contributed by atoms with Crippen LogP contribution in [0.25, 0.3) is 21.3 Å². The number of anilines is 1. The van der Waals surface area contributed by atoms with E-state index < -0.39 is 11.4 Å². The lowest BCUT2D eigenvalue weighted by Gasteiger charge is -2.08. The highest BCUT2D eigenvalue weighted by Crippen LogP contribution is 2.31. The van der Waals surface area contributed by atoms with E-state index in [0.717, 1.165) is 20.0 Å². The van der Waals surface area contributed by atoms with Gasteiger partial charge in [-0.3, -0.25) is 9.59 Å². The largest absolute Gasteiger partial charge is 0.394 e. The molecule has 0 atom stereocenters. The SMILES string of the molecule is CN/C=C(\C=N)Cc1nc2c(s1)c1cnn(Cc3nc(NC(C)=O)ccc3F)c(=O)c1n2C. The van der Waals surface area contributed by atoms with Crippen LogP contribution in [0.1, 0.15) is 17.6 Å². The summed E-state index contributed by atoms with van der Waals surface area (Å²) in [7, 11) is 3.51. The monoisotopic (exact) mass is 468 g/mol. The Hall–Kier alpha value is -3.93. The fourth-order valence-electron chi connectivity index (χ4n) is 3.51. The minimum absolute atomic E-state index is 0.0119. The van der Waals surface area contributed by atoms with Crippen molar-refractivity contribution in [2.24, 2.45) is 7.05 Å². The van der Waals surface area contributed by atoms with Crippen LogP contribution in [0.2, 0.25) is 0 Å². The molecule has 0 bridgehead atoms. The van der Waals surface area contributed by atoms with Crippen molar-refractivity contribution in [1.29, 1.82) is 5.41 Å². The second-order valence-corrected chi connectivity index (χ2v) is 8.41. The number of nitrogens with one attached hydrogen (secondary N) is 3. The van der Waals surface area contributed by atoms with Gasteiger partial charge < -0.3 is 20.6 Å². The van der Waals surface area contributed by atoms with Gasteiger partial charge in [0.25, 0.3) is 5.56 Å². The van der Waals surface area contributed by atoms with E-state index in [1.165, 1.54) is 36.6 Å². The second kappa shape index (κ2) is 8.90. The smallest absolute Gasteiger partial charge is 0.291 e. The highest BCUT2D eigenvalue weighted by Gasteiger charge is 2.19. The summed E-state index contributed by atoms with van der Waals surface area (Å²) in [6.07, 6.45) is 5.07. The predicted molar refractivity (Wildman–Crippen MR) is 125 cm³/mol. The molecule has 0 unspecified atom stereocenters. The third-order valence-electron chi connectivity index (χ3n) is 4.96. The molecule has 4 heterocycles. The molecule has 0 spiro atoms. The molecule has 3 N–H and O–H groups in total. The number of allylic oxidation sites excluding steroid dienone is 1. The van der Waals surface area contributed by atoms with Gasteiger partial charge in [-0.25, -0.2) is 19.0 Å². The van der Waals surface area contributed by atoms with Gasteiger partial charge in [-0.15, -0.1) is 11.3 Å². The molecule has 0 aliphatic rings. The summed E-state index contributed by atoms with van der Waals surface area (Å²) in [4.78, 5) is 33.2. The number of hydrogen-bond donors (Lipinski definition) is 3. The minimum Gasteiger partial charge on any atom is -0.394 e. The van der Waals surface area contributed by atoms with Crippen LogP contribution in [-0.2, 0) is 24.8 Å². The number of thiazole rings is 1. The van der Waals surface area contributed by atoms with Gasteiger partial charge in [-0.05, 0) is 17.7 Å². The predicted octanol–water partition coefficient (Wildman–Crippen LogP) is 2.18. The summed E-state index contributed by atoms with van der Waals surface area (Å²) in [6.45, 7) is 1.14. The maximum absolute atomic E-state index is 14.3. The van der Waals surface area contributed by atoms with Gasteiger partial charge in [0.2, 0.25) is 5.91 Å². The van der Waals surface area contributed by atoms with E-state index in [1.54, 1.807) is 31.1 Å². The first kappa shape index (κ1) is 22.3. The zero-order valence-electron chi connectivity index (χ0n) is 18.1. The van der Waals surface area contributed by atoms with Gasteiger partial charge >= 0.3 is 0 Å². The van der Waals surface area contributed by atoms with E-state index in [1.807, 2.05) is 0 Å². The molecule has 0 saturated carbocycles. The molecule has 4 rings (SSSR count). The van der Waals surface area contributed by atoms with Crippen LogP contribution in [0.5, 0.6) is 0 Å². The van der Waals surface area contributed by atoms with Crippen LogP contribution < -0.4 is 16.2 Å². The molecular formula is C21H21FN8O2S. The maximum atomic E-state index is 14.3. The Morgan fingerprint density at radius 3 is 2.82 bits per heavy atom. The zero-order valence-corrected chi connectivity index (χ0v) is 19.0. The fourth-order valence-corrected chi connectivity index (χ4v) is 4.65. The van der Waals surface area contributed by atoms with E-state index in [9.17, 15) is 14.0 Å². The van der Waals surface area contributed by atoms with Gasteiger partial charge in [0.05, 0.1) is 17.4 Å². The Morgan fingerprint density at radius 2 is 2.12 bits per heavy atom. The topological polar surface area (TPSA) is 131 Å². The molecule has 10 nitrogen and oxygen atoms in total. The Kier molecular flexibility index (Phi) is 6.01.